The van der Waals surface area contributed by atoms with E-state index in [9.17, 15) is 13.6 Å². The summed E-state index contributed by atoms with van der Waals surface area (Å²) >= 11 is 1.23. The molecule has 28 heavy (non-hydrogen) atoms. The Morgan fingerprint density at radius 2 is 1.68 bits per heavy atom. The van der Waals surface area contributed by atoms with Gasteiger partial charge < -0.3 is 5.32 Å². The van der Waals surface area contributed by atoms with Gasteiger partial charge >= 0.3 is 0 Å². The second-order valence-electron chi connectivity index (χ2n) is 6.29. The zero-order chi connectivity index (χ0) is 20.1. The van der Waals surface area contributed by atoms with Crippen LogP contribution in [0.4, 0.5) is 8.78 Å². The third-order valence-corrected chi connectivity index (χ3v) is 5.10. The standard InChI is InChI=1S/C20H20F2N4OS/c1-3-13(2)23-18(27)12-28-20-25-24-19(14-4-6-15(21)7-5-14)26(20)17-10-8-16(22)9-11-17/h4-11,13H,3,12H2,1-2H3,(H,23,27)/t13-/m0/s1. The van der Waals surface area contributed by atoms with E-state index < -0.39 is 0 Å². The molecule has 1 aromatic heterocycles. The van der Waals surface area contributed by atoms with Crippen molar-refractivity contribution in [3.05, 3.63) is 60.2 Å². The number of benzene rings is 2. The maximum Gasteiger partial charge on any atom is 0.230 e. The molecule has 3 aromatic rings. The van der Waals surface area contributed by atoms with Gasteiger partial charge in [0, 0.05) is 17.3 Å². The number of hydrogen-bond donors (Lipinski definition) is 1. The van der Waals surface area contributed by atoms with Crippen molar-refractivity contribution in [1.29, 1.82) is 0 Å². The molecule has 1 N–H and O–H groups in total. The molecule has 0 unspecified atom stereocenters. The van der Waals surface area contributed by atoms with Crippen LogP contribution in [0.1, 0.15) is 20.3 Å². The predicted octanol–water partition coefficient (Wildman–Crippen LogP) is 4.22. The molecule has 146 valence electrons. The number of carbonyl (C=O) groups is 1. The molecular formula is C20H20F2N4OS. The van der Waals surface area contributed by atoms with E-state index in [1.54, 1.807) is 28.8 Å². The van der Waals surface area contributed by atoms with Gasteiger partial charge in [-0.15, -0.1) is 10.2 Å². The average molecular weight is 402 g/mol. The quantitative estimate of drug-likeness (QED) is 0.601. The number of nitrogens with zero attached hydrogens (tertiary/aromatic N) is 3. The van der Waals surface area contributed by atoms with E-state index in [1.807, 2.05) is 13.8 Å². The summed E-state index contributed by atoms with van der Waals surface area (Å²) in [5.74, 6) is -0.157. The fraction of sp³-hybridized carbons (Fsp3) is 0.250. The van der Waals surface area contributed by atoms with Gasteiger partial charge in [0.2, 0.25) is 5.91 Å². The molecular weight excluding hydrogens is 382 g/mol. The number of aromatic nitrogens is 3. The lowest BCUT2D eigenvalue weighted by Crippen LogP contribution is -2.33. The Kier molecular flexibility index (Phi) is 6.41. The number of hydrogen-bond acceptors (Lipinski definition) is 4. The van der Waals surface area contributed by atoms with E-state index in [-0.39, 0.29) is 29.3 Å². The Balaban J connectivity index is 1.92. The number of halogens is 2. The summed E-state index contributed by atoms with van der Waals surface area (Å²) in [6.45, 7) is 3.94. The van der Waals surface area contributed by atoms with Crippen molar-refractivity contribution in [1.82, 2.24) is 20.1 Å². The van der Waals surface area contributed by atoms with Gasteiger partial charge in [-0.2, -0.15) is 0 Å². The van der Waals surface area contributed by atoms with Crippen LogP contribution in [0.25, 0.3) is 17.1 Å². The summed E-state index contributed by atoms with van der Waals surface area (Å²) in [5.41, 5.74) is 1.31. The van der Waals surface area contributed by atoms with Gasteiger partial charge in [0.05, 0.1) is 5.75 Å². The molecule has 0 radical (unpaired) electrons. The first-order valence-electron chi connectivity index (χ1n) is 8.87. The van der Waals surface area contributed by atoms with Gasteiger partial charge in [0.1, 0.15) is 11.6 Å². The van der Waals surface area contributed by atoms with Gasteiger partial charge in [0.15, 0.2) is 11.0 Å². The van der Waals surface area contributed by atoms with Crippen molar-refractivity contribution in [3.63, 3.8) is 0 Å². The van der Waals surface area contributed by atoms with Crippen molar-refractivity contribution in [2.75, 3.05) is 5.75 Å². The molecule has 5 nitrogen and oxygen atoms in total. The Labute approximate surface area is 166 Å². The van der Waals surface area contributed by atoms with Crippen molar-refractivity contribution in [2.24, 2.45) is 0 Å². The van der Waals surface area contributed by atoms with Gasteiger partial charge in [-0.1, -0.05) is 18.7 Å². The second kappa shape index (κ2) is 8.97. The van der Waals surface area contributed by atoms with Crippen molar-refractivity contribution in [2.45, 2.75) is 31.5 Å². The molecule has 0 aliphatic carbocycles. The molecule has 1 heterocycles. The van der Waals surface area contributed by atoms with Crippen molar-refractivity contribution >= 4 is 17.7 Å². The summed E-state index contributed by atoms with van der Waals surface area (Å²) in [4.78, 5) is 12.1. The van der Waals surface area contributed by atoms with Crippen molar-refractivity contribution < 1.29 is 13.6 Å². The van der Waals surface area contributed by atoms with Crippen LogP contribution in [0.3, 0.4) is 0 Å². The number of thioether (sulfide) groups is 1. The molecule has 1 amide bonds. The topological polar surface area (TPSA) is 59.8 Å². The summed E-state index contributed by atoms with van der Waals surface area (Å²) in [6.07, 6.45) is 0.844. The minimum Gasteiger partial charge on any atom is -0.353 e. The Morgan fingerprint density at radius 3 is 2.29 bits per heavy atom. The van der Waals surface area contributed by atoms with Crippen LogP contribution in [0.2, 0.25) is 0 Å². The highest BCUT2D eigenvalue weighted by molar-refractivity contribution is 7.99. The zero-order valence-electron chi connectivity index (χ0n) is 15.5. The highest BCUT2D eigenvalue weighted by atomic mass is 32.2. The second-order valence-corrected chi connectivity index (χ2v) is 7.23. The van der Waals surface area contributed by atoms with E-state index in [0.29, 0.717) is 22.2 Å². The van der Waals surface area contributed by atoms with Gasteiger partial charge in [-0.05, 0) is 61.9 Å². The summed E-state index contributed by atoms with van der Waals surface area (Å²) in [5, 5.41) is 11.8. The number of amides is 1. The highest BCUT2D eigenvalue weighted by Gasteiger charge is 2.18. The van der Waals surface area contributed by atoms with Crippen LogP contribution in [-0.2, 0) is 4.79 Å². The summed E-state index contributed by atoms with van der Waals surface area (Å²) in [7, 11) is 0. The number of nitrogens with one attached hydrogen (secondary N) is 1. The van der Waals surface area contributed by atoms with Gasteiger partial charge in [-0.25, -0.2) is 8.78 Å². The minimum absolute atomic E-state index is 0.0952. The van der Waals surface area contributed by atoms with E-state index in [4.69, 9.17) is 0 Å². The molecule has 8 heteroatoms. The highest BCUT2D eigenvalue weighted by Crippen LogP contribution is 2.28. The summed E-state index contributed by atoms with van der Waals surface area (Å²) in [6, 6.07) is 11.9. The maximum atomic E-state index is 13.4. The Morgan fingerprint density at radius 1 is 1.07 bits per heavy atom. The SMILES string of the molecule is CC[C@H](C)NC(=O)CSc1nnc(-c2ccc(F)cc2)n1-c1ccc(F)cc1. The zero-order valence-corrected chi connectivity index (χ0v) is 16.3. The lowest BCUT2D eigenvalue weighted by Gasteiger charge is -2.12. The molecule has 1 atom stereocenters. The largest absolute Gasteiger partial charge is 0.353 e. The molecule has 0 saturated carbocycles. The first kappa shape index (κ1) is 20.0. The van der Waals surface area contributed by atoms with E-state index >= 15 is 0 Å². The molecule has 0 aliphatic heterocycles. The van der Waals surface area contributed by atoms with Gasteiger partial charge in [0.25, 0.3) is 0 Å². The van der Waals surface area contributed by atoms with Crippen LogP contribution in [0.5, 0.6) is 0 Å². The maximum absolute atomic E-state index is 13.4. The normalized spacial score (nSPS) is 12.0. The van der Waals surface area contributed by atoms with E-state index in [2.05, 4.69) is 15.5 Å². The molecule has 0 fully saturated rings. The van der Waals surface area contributed by atoms with Crippen LogP contribution >= 0.6 is 11.8 Å². The molecule has 0 saturated heterocycles. The summed E-state index contributed by atoms with van der Waals surface area (Å²) < 4.78 is 28.4. The van der Waals surface area contributed by atoms with E-state index in [0.717, 1.165) is 6.42 Å². The predicted molar refractivity (Wildman–Crippen MR) is 105 cm³/mol. The van der Waals surface area contributed by atoms with Crippen molar-refractivity contribution in [3.8, 4) is 17.1 Å². The van der Waals surface area contributed by atoms with Gasteiger partial charge in [-0.3, -0.25) is 9.36 Å². The molecule has 0 aliphatic rings. The van der Waals surface area contributed by atoms with Crippen LogP contribution in [0, 0.1) is 11.6 Å². The third kappa shape index (κ3) is 4.75. The minimum atomic E-state index is -0.359. The fourth-order valence-electron chi connectivity index (χ4n) is 2.52. The average Bonchev–Trinajstić information content (AvgIpc) is 3.11. The third-order valence-electron chi connectivity index (χ3n) is 4.17. The lowest BCUT2D eigenvalue weighted by atomic mass is 10.2. The van der Waals surface area contributed by atoms with Crippen LogP contribution < -0.4 is 5.32 Å². The first-order valence-corrected chi connectivity index (χ1v) is 9.86. The molecule has 0 spiro atoms. The monoisotopic (exact) mass is 402 g/mol. The molecule has 3 rings (SSSR count). The molecule has 2 aromatic carbocycles. The Hall–Kier alpha value is -2.74. The number of carbonyl (C=O) groups excluding carboxylic acids is 1. The van der Waals surface area contributed by atoms with Crippen LogP contribution in [-0.4, -0.2) is 32.5 Å². The first-order chi connectivity index (χ1) is 13.5. The van der Waals surface area contributed by atoms with Crippen LogP contribution in [0.15, 0.2) is 53.7 Å². The molecule has 0 bridgehead atoms. The van der Waals surface area contributed by atoms with E-state index in [1.165, 1.54) is 36.0 Å². The fourth-order valence-corrected chi connectivity index (χ4v) is 3.28. The smallest absolute Gasteiger partial charge is 0.230 e. The lowest BCUT2D eigenvalue weighted by molar-refractivity contribution is -0.119. The number of rotatable bonds is 7. The Bertz CT molecular complexity index is 942.